The molecule has 0 saturated heterocycles. The van der Waals surface area contributed by atoms with Crippen LogP contribution in [0.2, 0.25) is 10.0 Å². The van der Waals surface area contributed by atoms with Crippen LogP contribution >= 0.6 is 23.2 Å². The summed E-state index contributed by atoms with van der Waals surface area (Å²) in [6, 6.07) is 5.26. The maximum absolute atomic E-state index is 12.7. The predicted octanol–water partition coefficient (Wildman–Crippen LogP) is 2.12. The van der Waals surface area contributed by atoms with Crippen LogP contribution in [0.4, 0.5) is 0 Å². The van der Waals surface area contributed by atoms with Crippen LogP contribution in [0.25, 0.3) is 11.0 Å². The highest BCUT2D eigenvalue weighted by Gasteiger charge is 2.13. The first-order valence-corrected chi connectivity index (χ1v) is 8.46. The summed E-state index contributed by atoms with van der Waals surface area (Å²) >= 11 is 12.1. The number of hydrogen-bond acceptors (Lipinski definition) is 5. The van der Waals surface area contributed by atoms with Crippen molar-refractivity contribution in [3.63, 3.8) is 0 Å². The third-order valence-electron chi connectivity index (χ3n) is 4.07. The lowest BCUT2D eigenvalue weighted by molar-refractivity contribution is 0.635. The van der Waals surface area contributed by atoms with Gasteiger partial charge in [0.2, 0.25) is 0 Å². The summed E-state index contributed by atoms with van der Waals surface area (Å²) in [5.74, 6) is 0.661. The molecule has 0 aliphatic rings. The van der Waals surface area contributed by atoms with Crippen molar-refractivity contribution in [2.24, 2.45) is 7.05 Å². The molecule has 0 aliphatic heterocycles. The van der Waals surface area contributed by atoms with Crippen molar-refractivity contribution in [3.8, 4) is 0 Å². The van der Waals surface area contributed by atoms with Gasteiger partial charge >= 0.3 is 0 Å². The highest BCUT2D eigenvalue weighted by Crippen LogP contribution is 2.22. The fraction of sp³-hybridized carbons (Fsp3) is 0.188. The summed E-state index contributed by atoms with van der Waals surface area (Å²) in [7, 11) is 1.77. The molecule has 3 heterocycles. The second kappa shape index (κ2) is 6.54. The van der Waals surface area contributed by atoms with Crippen LogP contribution in [-0.4, -0.2) is 34.1 Å². The lowest BCUT2D eigenvalue weighted by Crippen LogP contribution is -2.22. The van der Waals surface area contributed by atoms with Gasteiger partial charge in [-0.1, -0.05) is 29.3 Å². The number of benzene rings is 1. The molecular formula is C16H13Cl2N7O. The lowest BCUT2D eigenvalue weighted by Gasteiger charge is -2.07. The summed E-state index contributed by atoms with van der Waals surface area (Å²) in [5, 5.41) is 9.82. The molecule has 3 aromatic heterocycles. The molecule has 10 heteroatoms. The van der Waals surface area contributed by atoms with E-state index in [2.05, 4.69) is 20.2 Å². The number of halogens is 2. The minimum Gasteiger partial charge on any atom is -0.291 e. The van der Waals surface area contributed by atoms with Crippen LogP contribution in [0.15, 0.2) is 41.8 Å². The van der Waals surface area contributed by atoms with Crippen LogP contribution < -0.4 is 5.56 Å². The zero-order chi connectivity index (χ0) is 18.3. The molecular weight excluding hydrogens is 377 g/mol. The van der Waals surface area contributed by atoms with Crippen molar-refractivity contribution in [1.29, 1.82) is 0 Å². The highest BCUT2D eigenvalue weighted by atomic mass is 35.5. The molecule has 4 aromatic rings. The van der Waals surface area contributed by atoms with Gasteiger partial charge in [0.05, 0.1) is 19.3 Å². The van der Waals surface area contributed by atoms with Gasteiger partial charge < -0.3 is 0 Å². The first kappa shape index (κ1) is 16.7. The van der Waals surface area contributed by atoms with Gasteiger partial charge in [-0.15, -0.1) is 0 Å². The Balaban J connectivity index is 1.70. The van der Waals surface area contributed by atoms with Crippen molar-refractivity contribution < 1.29 is 0 Å². The first-order chi connectivity index (χ1) is 12.5. The van der Waals surface area contributed by atoms with E-state index in [4.69, 9.17) is 23.2 Å². The molecule has 0 bridgehead atoms. The van der Waals surface area contributed by atoms with E-state index >= 15 is 0 Å². The van der Waals surface area contributed by atoms with Crippen molar-refractivity contribution >= 4 is 34.2 Å². The van der Waals surface area contributed by atoms with E-state index in [0.29, 0.717) is 33.4 Å². The molecule has 0 N–H and O–H groups in total. The SMILES string of the molecule is Cn1ncnc1Cn1cnc2c(cnn2Cc2ccc(Cl)cc2Cl)c1=O. The Labute approximate surface area is 157 Å². The second-order valence-electron chi connectivity index (χ2n) is 5.75. The van der Waals surface area contributed by atoms with Crippen LogP contribution in [0.3, 0.4) is 0 Å². The molecule has 0 amide bonds. The van der Waals surface area contributed by atoms with Gasteiger partial charge in [-0.25, -0.2) is 14.6 Å². The van der Waals surface area contributed by atoms with Crippen LogP contribution in [0.1, 0.15) is 11.4 Å². The Morgan fingerprint density at radius 3 is 2.69 bits per heavy atom. The van der Waals surface area contributed by atoms with Crippen molar-refractivity contribution in [3.05, 3.63) is 68.8 Å². The van der Waals surface area contributed by atoms with Gasteiger partial charge in [-0.3, -0.25) is 14.0 Å². The van der Waals surface area contributed by atoms with Gasteiger partial charge in [-0.05, 0) is 17.7 Å². The average Bonchev–Trinajstić information content (AvgIpc) is 3.20. The zero-order valence-electron chi connectivity index (χ0n) is 13.7. The third-order valence-corrected chi connectivity index (χ3v) is 4.66. The maximum Gasteiger partial charge on any atom is 0.264 e. The monoisotopic (exact) mass is 389 g/mol. The van der Waals surface area contributed by atoms with E-state index in [1.165, 1.54) is 23.4 Å². The molecule has 0 atom stereocenters. The number of aromatic nitrogens is 7. The van der Waals surface area contributed by atoms with Gasteiger partial charge in [0.15, 0.2) is 5.65 Å². The topological polar surface area (TPSA) is 83.4 Å². The molecule has 132 valence electrons. The van der Waals surface area contributed by atoms with E-state index in [1.807, 2.05) is 6.07 Å². The summed E-state index contributed by atoms with van der Waals surface area (Å²) in [5.41, 5.74) is 1.15. The molecule has 26 heavy (non-hydrogen) atoms. The largest absolute Gasteiger partial charge is 0.291 e. The molecule has 8 nitrogen and oxygen atoms in total. The van der Waals surface area contributed by atoms with Gasteiger partial charge in [0.25, 0.3) is 5.56 Å². The number of rotatable bonds is 4. The molecule has 0 radical (unpaired) electrons. The van der Waals surface area contributed by atoms with Crippen LogP contribution in [0.5, 0.6) is 0 Å². The quantitative estimate of drug-likeness (QED) is 0.533. The summed E-state index contributed by atoms with van der Waals surface area (Å²) < 4.78 is 4.73. The molecule has 4 rings (SSSR count). The second-order valence-corrected chi connectivity index (χ2v) is 6.60. The Morgan fingerprint density at radius 2 is 1.96 bits per heavy atom. The first-order valence-electron chi connectivity index (χ1n) is 7.70. The predicted molar refractivity (Wildman–Crippen MR) is 97.5 cm³/mol. The average molecular weight is 390 g/mol. The molecule has 0 unspecified atom stereocenters. The third kappa shape index (κ3) is 2.97. The fourth-order valence-corrected chi connectivity index (χ4v) is 3.12. The molecule has 0 spiro atoms. The molecule has 0 saturated carbocycles. The normalized spacial score (nSPS) is 11.3. The molecule has 0 fully saturated rings. The smallest absolute Gasteiger partial charge is 0.264 e. The Morgan fingerprint density at radius 1 is 1.12 bits per heavy atom. The van der Waals surface area contributed by atoms with E-state index in [9.17, 15) is 4.79 Å². The van der Waals surface area contributed by atoms with Gasteiger partial charge in [0, 0.05) is 17.1 Å². The highest BCUT2D eigenvalue weighted by molar-refractivity contribution is 6.35. The van der Waals surface area contributed by atoms with Crippen molar-refractivity contribution in [1.82, 2.24) is 34.1 Å². The number of hydrogen-bond donors (Lipinski definition) is 0. The van der Waals surface area contributed by atoms with Crippen LogP contribution in [-0.2, 0) is 20.1 Å². The van der Waals surface area contributed by atoms with E-state index in [1.54, 1.807) is 28.5 Å². The number of nitrogens with zero attached hydrogens (tertiary/aromatic N) is 7. The Kier molecular flexibility index (Phi) is 4.21. The molecule has 0 aliphatic carbocycles. The Hall–Kier alpha value is -2.71. The summed E-state index contributed by atoms with van der Waals surface area (Å²) in [4.78, 5) is 21.2. The number of aryl methyl sites for hydroxylation is 1. The standard InChI is InChI=1S/C16H13Cl2N7O/c1-23-14(19-8-22-23)7-24-9-20-15-12(16(24)26)5-21-25(15)6-10-2-3-11(17)4-13(10)18/h2-5,8-9H,6-7H2,1H3. The minimum absolute atomic E-state index is 0.188. The molecule has 1 aromatic carbocycles. The van der Waals surface area contributed by atoms with Crippen LogP contribution in [0, 0.1) is 0 Å². The summed E-state index contributed by atoms with van der Waals surface area (Å²) in [6.07, 6.45) is 4.45. The van der Waals surface area contributed by atoms with E-state index in [0.717, 1.165) is 5.56 Å². The fourth-order valence-electron chi connectivity index (χ4n) is 2.65. The van der Waals surface area contributed by atoms with Gasteiger partial charge in [-0.2, -0.15) is 10.2 Å². The maximum atomic E-state index is 12.7. The Bertz CT molecular complexity index is 1160. The van der Waals surface area contributed by atoms with Crippen molar-refractivity contribution in [2.75, 3.05) is 0 Å². The van der Waals surface area contributed by atoms with Gasteiger partial charge in [0.1, 0.15) is 23.9 Å². The zero-order valence-corrected chi connectivity index (χ0v) is 15.2. The number of fused-ring (bicyclic) bond motifs is 1. The van der Waals surface area contributed by atoms with E-state index < -0.39 is 0 Å². The summed E-state index contributed by atoms with van der Waals surface area (Å²) in [6.45, 7) is 0.672. The van der Waals surface area contributed by atoms with E-state index in [-0.39, 0.29) is 12.1 Å². The lowest BCUT2D eigenvalue weighted by atomic mass is 10.2. The van der Waals surface area contributed by atoms with Crippen molar-refractivity contribution in [2.45, 2.75) is 13.1 Å². The minimum atomic E-state index is -0.188.